The molecule has 0 aromatic heterocycles. The Morgan fingerprint density at radius 1 is 1.36 bits per heavy atom. The summed E-state index contributed by atoms with van der Waals surface area (Å²) in [6.07, 6.45) is 0.755. The van der Waals surface area contributed by atoms with Gasteiger partial charge in [0.05, 0.1) is 6.61 Å². The fourth-order valence-corrected chi connectivity index (χ4v) is 1.90. The topological polar surface area (TPSA) is 84.6 Å². The summed E-state index contributed by atoms with van der Waals surface area (Å²) >= 11 is 0. The average Bonchev–Trinajstić information content (AvgIpc) is 2.54. The van der Waals surface area contributed by atoms with Gasteiger partial charge in [0, 0.05) is 24.1 Å². The normalized spacial score (nSPS) is 11.7. The van der Waals surface area contributed by atoms with Gasteiger partial charge in [-0.1, -0.05) is 13.0 Å². The highest BCUT2D eigenvalue weighted by Gasteiger charge is 2.29. The Morgan fingerprint density at radius 3 is 2.64 bits per heavy atom. The summed E-state index contributed by atoms with van der Waals surface area (Å²) in [5.74, 6) is -0.0301. The molecule has 0 atom stereocenters. The molecular formula is C15H24N2O5+2. The molecule has 1 aromatic rings. The largest absolute Gasteiger partial charge is 0.475 e. The summed E-state index contributed by atoms with van der Waals surface area (Å²) in [5.41, 5.74) is 2.96. The van der Waals surface area contributed by atoms with Gasteiger partial charge in [0.15, 0.2) is 6.61 Å². The minimum atomic E-state index is -0.452. The van der Waals surface area contributed by atoms with Crippen LogP contribution in [0.25, 0.3) is 0 Å². The zero-order valence-electron chi connectivity index (χ0n) is 13.5. The zero-order chi connectivity index (χ0) is 16.5. The van der Waals surface area contributed by atoms with Crippen molar-refractivity contribution in [2.45, 2.75) is 27.2 Å². The highest BCUT2D eigenvalue weighted by Crippen LogP contribution is 2.33. The highest BCUT2D eigenvalue weighted by atomic mass is 16.7. The van der Waals surface area contributed by atoms with E-state index in [2.05, 4.69) is 0 Å². The van der Waals surface area contributed by atoms with E-state index in [0.29, 0.717) is 23.7 Å². The van der Waals surface area contributed by atoms with Gasteiger partial charge >= 0.3 is 11.7 Å². The predicted molar refractivity (Wildman–Crippen MR) is 79.8 cm³/mol. The zero-order valence-corrected chi connectivity index (χ0v) is 13.5. The molecule has 0 aliphatic rings. The number of carbonyl (C=O) groups is 1. The molecule has 0 radical (unpaired) electrons. The van der Waals surface area contributed by atoms with E-state index in [0.717, 1.165) is 17.6 Å². The molecule has 0 spiro atoms. The second-order valence-corrected chi connectivity index (χ2v) is 4.48. The van der Waals surface area contributed by atoms with Gasteiger partial charge in [0.1, 0.15) is 7.11 Å². The maximum absolute atomic E-state index is 11.5. The van der Waals surface area contributed by atoms with E-state index in [-0.39, 0.29) is 6.61 Å². The SMILES string of the molecule is CCOC(=O)COc1cccc([NH2+]O)c1/[N+](OC)=C(/C)CC. The van der Waals surface area contributed by atoms with Crippen molar-refractivity contribution in [2.75, 3.05) is 20.3 Å². The lowest BCUT2D eigenvalue weighted by atomic mass is 10.2. The third-order valence-electron chi connectivity index (χ3n) is 3.06. The van der Waals surface area contributed by atoms with Gasteiger partial charge in [-0.2, -0.15) is 5.48 Å². The van der Waals surface area contributed by atoms with Crippen molar-refractivity contribution in [2.24, 2.45) is 0 Å². The first-order chi connectivity index (χ1) is 10.6. The Bertz CT molecular complexity index is 543. The maximum atomic E-state index is 11.5. The minimum absolute atomic E-state index is 0.210. The number of para-hydroxylation sites is 1. The predicted octanol–water partition coefficient (Wildman–Crippen LogP) is 1.29. The molecule has 7 heteroatoms. The molecule has 0 heterocycles. The Morgan fingerprint density at radius 2 is 2.09 bits per heavy atom. The Labute approximate surface area is 130 Å². The van der Waals surface area contributed by atoms with Crippen LogP contribution < -0.4 is 10.2 Å². The van der Waals surface area contributed by atoms with Crippen LogP contribution in [0.3, 0.4) is 0 Å². The summed E-state index contributed by atoms with van der Waals surface area (Å²) in [7, 11) is 1.53. The van der Waals surface area contributed by atoms with Gasteiger partial charge in [-0.15, -0.1) is 0 Å². The molecule has 0 saturated heterocycles. The summed E-state index contributed by atoms with van der Waals surface area (Å²) < 4.78 is 11.9. The van der Waals surface area contributed by atoms with Crippen LogP contribution in [0.5, 0.6) is 5.75 Å². The number of nitrogens with two attached hydrogens (primary N) is 1. The molecule has 0 amide bonds. The molecule has 0 saturated carbocycles. The van der Waals surface area contributed by atoms with Crippen LogP contribution in [-0.2, 0) is 14.4 Å². The van der Waals surface area contributed by atoms with E-state index < -0.39 is 5.97 Å². The fourth-order valence-electron chi connectivity index (χ4n) is 1.90. The first-order valence-electron chi connectivity index (χ1n) is 7.14. The Hall–Kier alpha value is -2.12. The molecule has 1 rings (SSSR count). The lowest BCUT2D eigenvalue weighted by molar-refractivity contribution is -0.831. The smallest absolute Gasteiger partial charge is 0.361 e. The van der Waals surface area contributed by atoms with Crippen molar-refractivity contribution < 1.29 is 34.5 Å². The fraction of sp³-hybridized carbons (Fsp3) is 0.467. The molecule has 0 bridgehead atoms. The molecule has 1 aromatic carbocycles. The van der Waals surface area contributed by atoms with Crippen LogP contribution in [0, 0.1) is 0 Å². The highest BCUT2D eigenvalue weighted by molar-refractivity contribution is 5.79. The van der Waals surface area contributed by atoms with E-state index in [1.54, 1.807) is 29.9 Å². The molecule has 22 heavy (non-hydrogen) atoms. The van der Waals surface area contributed by atoms with E-state index in [1.165, 1.54) is 7.11 Å². The number of esters is 1. The van der Waals surface area contributed by atoms with E-state index >= 15 is 0 Å². The monoisotopic (exact) mass is 312 g/mol. The van der Waals surface area contributed by atoms with Crippen molar-refractivity contribution in [1.29, 1.82) is 0 Å². The molecule has 0 unspecified atom stereocenters. The van der Waals surface area contributed by atoms with Crippen LogP contribution in [0.4, 0.5) is 11.4 Å². The maximum Gasteiger partial charge on any atom is 0.361 e. The lowest BCUT2D eigenvalue weighted by Gasteiger charge is -2.09. The lowest BCUT2D eigenvalue weighted by Crippen LogP contribution is -2.74. The average molecular weight is 312 g/mol. The third-order valence-corrected chi connectivity index (χ3v) is 3.06. The second-order valence-electron chi connectivity index (χ2n) is 4.48. The first kappa shape index (κ1) is 17.9. The number of rotatable bonds is 8. The molecule has 0 aliphatic carbocycles. The standard InChI is InChI=1S/C15H23N2O5/c1-5-11(3)17(20-4)15-12(16-19)8-7-9-13(15)22-10-14(18)21-6-2/h7-9,16,19H,5-6,10H2,1-4H3/q+1/p+1/b17-11+. The molecule has 0 fully saturated rings. The van der Waals surface area contributed by atoms with Gasteiger partial charge in [-0.3, -0.25) is 4.84 Å². The van der Waals surface area contributed by atoms with Crippen LogP contribution in [0.2, 0.25) is 0 Å². The second kappa shape index (κ2) is 9.01. The van der Waals surface area contributed by atoms with Crippen LogP contribution in [-0.4, -0.2) is 42.0 Å². The number of hydrogen-bond donors (Lipinski definition) is 2. The number of ether oxygens (including phenoxy) is 2. The van der Waals surface area contributed by atoms with Crippen molar-refractivity contribution in [1.82, 2.24) is 0 Å². The third kappa shape index (κ3) is 4.44. The van der Waals surface area contributed by atoms with Gasteiger partial charge in [-0.25, -0.2) is 10.0 Å². The number of quaternary nitrogens is 1. The van der Waals surface area contributed by atoms with E-state index in [1.807, 2.05) is 13.8 Å². The summed E-state index contributed by atoms with van der Waals surface area (Å²) in [4.78, 5) is 16.9. The molecule has 3 N–H and O–H groups in total. The van der Waals surface area contributed by atoms with E-state index in [4.69, 9.17) is 14.3 Å². The number of hydrogen-bond acceptors (Lipinski definition) is 5. The van der Waals surface area contributed by atoms with Crippen molar-refractivity contribution in [3.05, 3.63) is 18.2 Å². The summed E-state index contributed by atoms with van der Waals surface area (Å²) in [6, 6.07) is 5.15. The number of benzene rings is 1. The van der Waals surface area contributed by atoms with Crippen molar-refractivity contribution in [3.8, 4) is 5.75 Å². The Kier molecular flexibility index (Phi) is 7.34. The van der Waals surface area contributed by atoms with E-state index in [9.17, 15) is 10.0 Å². The van der Waals surface area contributed by atoms with Gasteiger partial charge in [-0.05, 0) is 13.0 Å². The molecule has 7 nitrogen and oxygen atoms in total. The molecule has 0 aliphatic heterocycles. The minimum Gasteiger partial charge on any atom is -0.475 e. The molecular weight excluding hydrogens is 288 g/mol. The van der Waals surface area contributed by atoms with Gasteiger partial charge in [0.2, 0.25) is 17.1 Å². The summed E-state index contributed by atoms with van der Waals surface area (Å²) in [6.45, 7) is 5.72. The van der Waals surface area contributed by atoms with Gasteiger partial charge < -0.3 is 9.47 Å². The number of carbonyl (C=O) groups excluding carboxylic acids is 1. The van der Waals surface area contributed by atoms with Crippen LogP contribution in [0.15, 0.2) is 18.2 Å². The van der Waals surface area contributed by atoms with Crippen molar-refractivity contribution in [3.63, 3.8) is 0 Å². The quantitative estimate of drug-likeness (QED) is 0.248. The summed E-state index contributed by atoms with van der Waals surface area (Å²) in [5, 5.41) is 9.44. The van der Waals surface area contributed by atoms with Crippen molar-refractivity contribution >= 4 is 23.1 Å². The number of nitrogens with zero attached hydrogens (tertiary/aromatic N) is 1. The molecule has 122 valence electrons. The van der Waals surface area contributed by atoms with Crippen LogP contribution >= 0.6 is 0 Å². The van der Waals surface area contributed by atoms with Gasteiger partial charge in [0.25, 0.3) is 0 Å². The first-order valence-corrected chi connectivity index (χ1v) is 7.14. The van der Waals surface area contributed by atoms with Crippen LogP contribution in [0.1, 0.15) is 27.2 Å². The Balaban J connectivity index is 3.20.